The molecule has 1 amide bonds. The van der Waals surface area contributed by atoms with Gasteiger partial charge in [0, 0.05) is 24.3 Å². The van der Waals surface area contributed by atoms with Gasteiger partial charge < -0.3 is 19.5 Å². The summed E-state index contributed by atoms with van der Waals surface area (Å²) in [6, 6.07) is 18.6. The van der Waals surface area contributed by atoms with Crippen molar-refractivity contribution in [2.45, 2.75) is 26.8 Å². The monoisotopic (exact) mass is 534 g/mol. The van der Waals surface area contributed by atoms with E-state index in [0.29, 0.717) is 29.4 Å². The van der Waals surface area contributed by atoms with Crippen LogP contribution in [0.3, 0.4) is 0 Å². The van der Waals surface area contributed by atoms with E-state index in [4.69, 9.17) is 21.1 Å². The number of aliphatic hydroxyl groups excluding tert-OH is 1. The molecule has 1 fully saturated rings. The Morgan fingerprint density at radius 1 is 1.00 bits per heavy atom. The first-order valence-electron chi connectivity index (χ1n) is 12.6. The Balaban J connectivity index is 1.95. The van der Waals surface area contributed by atoms with Gasteiger partial charge in [-0.25, -0.2) is 0 Å². The Labute approximate surface area is 227 Å². The van der Waals surface area contributed by atoms with Crippen LogP contribution in [0, 0.1) is 0 Å². The fraction of sp³-hybridized carbons (Fsp3) is 0.267. The summed E-state index contributed by atoms with van der Waals surface area (Å²) < 4.78 is 11.1. The van der Waals surface area contributed by atoms with Crippen molar-refractivity contribution in [2.24, 2.45) is 0 Å². The Morgan fingerprint density at radius 3 is 2.32 bits per heavy atom. The van der Waals surface area contributed by atoms with E-state index in [9.17, 15) is 14.7 Å². The van der Waals surface area contributed by atoms with Gasteiger partial charge in [0.15, 0.2) is 0 Å². The average molecular weight is 535 g/mol. The quantitative estimate of drug-likeness (QED) is 0.199. The SMILES string of the molecule is CCOc1ccc(Cl)c(/C(O)=C2\C(=O)C(=O)N(c3ccccc3OC)C2c2ccc(N(CC)CC)cc2)c1. The lowest BCUT2D eigenvalue weighted by Crippen LogP contribution is -2.30. The van der Waals surface area contributed by atoms with Gasteiger partial charge in [-0.2, -0.15) is 0 Å². The number of ether oxygens (including phenoxy) is 2. The van der Waals surface area contributed by atoms with Crippen molar-refractivity contribution >= 4 is 40.4 Å². The summed E-state index contributed by atoms with van der Waals surface area (Å²) in [5.74, 6) is -1.05. The number of methoxy groups -OCH3 is 1. The molecule has 0 aliphatic carbocycles. The number of amides is 1. The molecule has 198 valence electrons. The van der Waals surface area contributed by atoms with Gasteiger partial charge in [-0.15, -0.1) is 0 Å². The van der Waals surface area contributed by atoms with Crippen LogP contribution in [0.5, 0.6) is 11.5 Å². The highest BCUT2D eigenvalue weighted by Gasteiger charge is 2.48. The van der Waals surface area contributed by atoms with Crippen molar-refractivity contribution in [2.75, 3.05) is 36.6 Å². The predicted octanol–water partition coefficient (Wildman–Crippen LogP) is 6.22. The maximum atomic E-state index is 13.5. The summed E-state index contributed by atoms with van der Waals surface area (Å²) in [7, 11) is 1.50. The molecular formula is C30H31ClN2O5. The highest BCUT2D eigenvalue weighted by molar-refractivity contribution is 6.52. The van der Waals surface area contributed by atoms with E-state index >= 15 is 0 Å². The van der Waals surface area contributed by atoms with Gasteiger partial charge in [0.05, 0.1) is 36.0 Å². The van der Waals surface area contributed by atoms with Gasteiger partial charge >= 0.3 is 0 Å². The zero-order valence-corrected chi connectivity index (χ0v) is 22.7. The largest absolute Gasteiger partial charge is 0.507 e. The van der Waals surface area contributed by atoms with Crippen molar-refractivity contribution in [3.05, 3.63) is 88.5 Å². The first-order chi connectivity index (χ1) is 18.4. The number of carbonyl (C=O) groups excluding carboxylic acids is 2. The lowest BCUT2D eigenvalue weighted by molar-refractivity contribution is -0.132. The number of benzene rings is 3. The topological polar surface area (TPSA) is 79.3 Å². The van der Waals surface area contributed by atoms with Gasteiger partial charge in [-0.3, -0.25) is 14.5 Å². The van der Waals surface area contributed by atoms with E-state index < -0.39 is 17.7 Å². The molecule has 1 heterocycles. The van der Waals surface area contributed by atoms with Crippen molar-refractivity contribution in [1.29, 1.82) is 0 Å². The number of para-hydroxylation sites is 2. The van der Waals surface area contributed by atoms with Crippen LogP contribution in [0.4, 0.5) is 11.4 Å². The third-order valence-electron chi connectivity index (χ3n) is 6.63. The molecule has 0 saturated carbocycles. The number of anilines is 2. The van der Waals surface area contributed by atoms with Crippen LogP contribution in [0.25, 0.3) is 5.76 Å². The third kappa shape index (κ3) is 4.94. The smallest absolute Gasteiger partial charge is 0.300 e. The number of halogens is 1. The Kier molecular flexibility index (Phi) is 8.27. The minimum absolute atomic E-state index is 0.0629. The summed E-state index contributed by atoms with van der Waals surface area (Å²) in [5.41, 5.74) is 2.24. The maximum absolute atomic E-state index is 13.5. The number of Topliss-reactive ketones (excluding diaryl/α,β-unsaturated/α-hetero) is 1. The fourth-order valence-corrected chi connectivity index (χ4v) is 4.98. The van der Waals surface area contributed by atoms with Crippen molar-refractivity contribution < 1.29 is 24.2 Å². The van der Waals surface area contributed by atoms with Crippen molar-refractivity contribution in [1.82, 2.24) is 0 Å². The molecule has 3 aromatic rings. The van der Waals surface area contributed by atoms with Crippen LogP contribution in [0.1, 0.15) is 37.9 Å². The third-order valence-corrected chi connectivity index (χ3v) is 6.96. The molecule has 0 spiro atoms. The number of hydrogen-bond donors (Lipinski definition) is 1. The fourth-order valence-electron chi connectivity index (χ4n) is 4.77. The zero-order chi connectivity index (χ0) is 27.4. The molecular weight excluding hydrogens is 504 g/mol. The average Bonchev–Trinajstić information content (AvgIpc) is 3.20. The van der Waals surface area contributed by atoms with Crippen LogP contribution >= 0.6 is 11.6 Å². The number of ketones is 1. The second-order valence-corrected chi connectivity index (χ2v) is 9.09. The van der Waals surface area contributed by atoms with Crippen LogP contribution in [0.2, 0.25) is 5.02 Å². The molecule has 1 saturated heterocycles. The molecule has 0 bridgehead atoms. The van der Waals surface area contributed by atoms with Gasteiger partial charge in [0.25, 0.3) is 11.7 Å². The molecule has 1 aliphatic rings. The minimum atomic E-state index is -0.913. The van der Waals surface area contributed by atoms with Gasteiger partial charge in [0.1, 0.15) is 17.3 Å². The van der Waals surface area contributed by atoms with E-state index in [-0.39, 0.29) is 21.9 Å². The molecule has 4 rings (SSSR count). The van der Waals surface area contributed by atoms with Gasteiger partial charge in [0.2, 0.25) is 0 Å². The molecule has 0 aromatic heterocycles. The van der Waals surface area contributed by atoms with Gasteiger partial charge in [-0.05, 0) is 68.8 Å². The lowest BCUT2D eigenvalue weighted by atomic mass is 9.94. The zero-order valence-electron chi connectivity index (χ0n) is 21.9. The number of nitrogens with zero attached hydrogens (tertiary/aromatic N) is 2. The van der Waals surface area contributed by atoms with E-state index in [1.807, 2.05) is 31.2 Å². The Hall–Kier alpha value is -3.97. The molecule has 1 aliphatic heterocycles. The number of rotatable bonds is 9. The maximum Gasteiger partial charge on any atom is 0.300 e. The Morgan fingerprint density at radius 2 is 1.68 bits per heavy atom. The van der Waals surface area contributed by atoms with Crippen LogP contribution in [-0.2, 0) is 9.59 Å². The number of carbonyl (C=O) groups is 2. The highest BCUT2D eigenvalue weighted by atomic mass is 35.5. The molecule has 1 atom stereocenters. The highest BCUT2D eigenvalue weighted by Crippen LogP contribution is 2.46. The molecule has 0 radical (unpaired) electrons. The van der Waals surface area contributed by atoms with E-state index in [2.05, 4.69) is 18.7 Å². The minimum Gasteiger partial charge on any atom is -0.507 e. The molecule has 8 heteroatoms. The predicted molar refractivity (Wildman–Crippen MR) is 150 cm³/mol. The molecule has 3 aromatic carbocycles. The summed E-state index contributed by atoms with van der Waals surface area (Å²) in [5, 5.41) is 11.8. The van der Waals surface area contributed by atoms with E-state index in [1.54, 1.807) is 42.5 Å². The molecule has 1 N–H and O–H groups in total. The van der Waals surface area contributed by atoms with Crippen molar-refractivity contribution in [3.8, 4) is 11.5 Å². The standard InChI is InChI=1S/C30H31ClN2O5/c1-5-32(6-2)20-14-12-19(13-15-20)27-26(28(34)22-18-21(38-7-3)16-17-23(22)31)29(35)30(36)33(27)24-10-8-9-11-25(24)37-4/h8-18,27,34H,5-7H2,1-4H3/b28-26+. The second-order valence-electron chi connectivity index (χ2n) is 8.68. The normalized spacial score (nSPS) is 16.6. The van der Waals surface area contributed by atoms with Crippen LogP contribution in [-0.4, -0.2) is 43.6 Å². The number of hydrogen-bond acceptors (Lipinski definition) is 6. The molecule has 38 heavy (non-hydrogen) atoms. The summed E-state index contributed by atoms with van der Waals surface area (Å²) in [6.45, 7) is 8.09. The molecule has 1 unspecified atom stereocenters. The van der Waals surface area contributed by atoms with E-state index in [1.165, 1.54) is 12.0 Å². The van der Waals surface area contributed by atoms with Crippen LogP contribution < -0.4 is 19.3 Å². The first-order valence-corrected chi connectivity index (χ1v) is 13.0. The summed E-state index contributed by atoms with van der Waals surface area (Å²) in [4.78, 5) is 30.6. The van der Waals surface area contributed by atoms with Crippen LogP contribution in [0.15, 0.2) is 72.3 Å². The number of aliphatic hydroxyl groups is 1. The van der Waals surface area contributed by atoms with Gasteiger partial charge in [-0.1, -0.05) is 35.9 Å². The molecule has 7 nitrogen and oxygen atoms in total. The summed E-state index contributed by atoms with van der Waals surface area (Å²) in [6.07, 6.45) is 0. The second kappa shape index (κ2) is 11.6. The first kappa shape index (κ1) is 27.1. The lowest BCUT2D eigenvalue weighted by Gasteiger charge is -2.27. The van der Waals surface area contributed by atoms with E-state index in [0.717, 1.165) is 18.8 Å². The summed E-state index contributed by atoms with van der Waals surface area (Å²) >= 11 is 6.45. The van der Waals surface area contributed by atoms with Crippen molar-refractivity contribution in [3.63, 3.8) is 0 Å². The Bertz CT molecular complexity index is 1370.